The van der Waals surface area contributed by atoms with Crippen molar-refractivity contribution in [3.63, 3.8) is 0 Å². The van der Waals surface area contributed by atoms with Crippen LogP contribution >= 0.6 is 0 Å². The number of benzene rings is 1. The van der Waals surface area contributed by atoms with Crippen LogP contribution in [0.5, 0.6) is 5.75 Å². The van der Waals surface area contributed by atoms with Crippen LogP contribution in [0.2, 0.25) is 0 Å². The molecule has 0 aromatic heterocycles. The second-order valence-electron chi connectivity index (χ2n) is 4.43. The zero-order valence-corrected chi connectivity index (χ0v) is 9.94. The number of hydrogen-bond donors (Lipinski definition) is 1. The molecule has 0 spiro atoms. The maximum absolute atomic E-state index is 5.38. The lowest BCUT2D eigenvalue weighted by molar-refractivity contribution is 0.415. The molecule has 1 aromatic rings. The number of aliphatic imine (C=N–C) groups is 1. The number of nitrogens with zero attached hydrogens (tertiary/aromatic N) is 1. The van der Waals surface area contributed by atoms with Crippen LogP contribution in [0.1, 0.15) is 18.4 Å². The molecule has 88 valence electrons. The van der Waals surface area contributed by atoms with Crippen molar-refractivity contribution in [1.29, 1.82) is 0 Å². The molecule has 0 radical (unpaired) electrons. The summed E-state index contributed by atoms with van der Waals surface area (Å²) >= 11 is 0. The smallest absolute Gasteiger partial charge is 0.144 e. The number of hydrogen-bond acceptors (Lipinski definition) is 3. The van der Waals surface area contributed by atoms with Crippen molar-refractivity contribution < 1.29 is 4.74 Å². The minimum absolute atomic E-state index is 0.382. The number of ether oxygens (including phenoxy) is 1. The SMILES string of the molecule is COc1cccc2c1N=C(C1CC=CN1)CC2. The van der Waals surface area contributed by atoms with Crippen molar-refractivity contribution in [3.8, 4) is 5.75 Å². The Morgan fingerprint density at radius 1 is 1.35 bits per heavy atom. The fraction of sp³-hybridized carbons (Fsp3) is 0.357. The maximum Gasteiger partial charge on any atom is 0.144 e. The number of para-hydroxylation sites is 1. The van der Waals surface area contributed by atoms with Crippen molar-refractivity contribution >= 4 is 11.4 Å². The molecule has 2 heterocycles. The summed E-state index contributed by atoms with van der Waals surface area (Å²) in [5.74, 6) is 0.880. The molecule has 3 nitrogen and oxygen atoms in total. The number of fused-ring (bicyclic) bond motifs is 1. The van der Waals surface area contributed by atoms with E-state index in [1.807, 2.05) is 18.3 Å². The van der Waals surface area contributed by atoms with Crippen LogP contribution in [-0.2, 0) is 6.42 Å². The van der Waals surface area contributed by atoms with Crippen molar-refractivity contribution in [2.75, 3.05) is 7.11 Å². The summed E-state index contributed by atoms with van der Waals surface area (Å²) in [6.45, 7) is 0. The fourth-order valence-corrected chi connectivity index (χ4v) is 2.46. The molecule has 2 aliphatic heterocycles. The van der Waals surface area contributed by atoms with Gasteiger partial charge in [0.25, 0.3) is 0 Å². The summed E-state index contributed by atoms with van der Waals surface area (Å²) < 4.78 is 5.38. The van der Waals surface area contributed by atoms with Crippen LogP contribution in [0.4, 0.5) is 5.69 Å². The lowest BCUT2D eigenvalue weighted by Crippen LogP contribution is -2.30. The van der Waals surface area contributed by atoms with Crippen LogP contribution in [-0.4, -0.2) is 18.9 Å². The van der Waals surface area contributed by atoms with E-state index in [4.69, 9.17) is 9.73 Å². The molecular formula is C14H16N2O. The third-order valence-electron chi connectivity index (χ3n) is 3.40. The van der Waals surface area contributed by atoms with Gasteiger partial charge in [0.05, 0.1) is 13.2 Å². The van der Waals surface area contributed by atoms with Crippen molar-refractivity contribution in [2.24, 2.45) is 4.99 Å². The van der Waals surface area contributed by atoms with E-state index in [1.165, 1.54) is 11.3 Å². The van der Waals surface area contributed by atoms with Gasteiger partial charge in [-0.25, -0.2) is 0 Å². The summed E-state index contributed by atoms with van der Waals surface area (Å²) in [6.07, 6.45) is 7.32. The highest BCUT2D eigenvalue weighted by atomic mass is 16.5. The predicted octanol–water partition coefficient (Wildman–Crippen LogP) is 2.59. The molecule has 0 saturated carbocycles. The molecular weight excluding hydrogens is 212 g/mol. The second kappa shape index (κ2) is 4.24. The van der Waals surface area contributed by atoms with Gasteiger partial charge in [-0.05, 0) is 37.1 Å². The van der Waals surface area contributed by atoms with E-state index in [9.17, 15) is 0 Å². The lowest BCUT2D eigenvalue weighted by atomic mass is 9.96. The summed E-state index contributed by atoms with van der Waals surface area (Å²) in [6, 6.07) is 6.53. The largest absolute Gasteiger partial charge is 0.494 e. The Morgan fingerprint density at radius 2 is 2.29 bits per heavy atom. The Bertz CT molecular complexity index is 483. The van der Waals surface area contributed by atoms with Crippen molar-refractivity contribution in [1.82, 2.24) is 5.32 Å². The normalized spacial score (nSPS) is 21.7. The van der Waals surface area contributed by atoms with E-state index in [1.54, 1.807) is 7.11 Å². The average Bonchev–Trinajstić information content (AvgIpc) is 2.91. The number of aryl methyl sites for hydroxylation is 1. The van der Waals surface area contributed by atoms with Gasteiger partial charge in [0.2, 0.25) is 0 Å². The molecule has 2 aliphatic rings. The first-order valence-corrected chi connectivity index (χ1v) is 6.03. The van der Waals surface area contributed by atoms with Gasteiger partial charge < -0.3 is 10.1 Å². The Morgan fingerprint density at radius 3 is 3.06 bits per heavy atom. The molecule has 1 atom stereocenters. The van der Waals surface area contributed by atoms with Crippen molar-refractivity contribution in [3.05, 3.63) is 36.0 Å². The number of rotatable bonds is 2. The molecule has 0 bridgehead atoms. The minimum Gasteiger partial charge on any atom is -0.494 e. The third-order valence-corrected chi connectivity index (χ3v) is 3.40. The summed E-state index contributed by atoms with van der Waals surface area (Å²) in [5.41, 5.74) is 3.55. The van der Waals surface area contributed by atoms with Crippen LogP contribution in [0.15, 0.2) is 35.5 Å². The summed E-state index contributed by atoms with van der Waals surface area (Å²) in [5, 5.41) is 3.34. The van der Waals surface area contributed by atoms with Crippen LogP contribution in [0, 0.1) is 0 Å². The van der Waals surface area contributed by atoms with Gasteiger partial charge in [0.15, 0.2) is 0 Å². The standard InChI is InChI=1S/C14H16N2O/c1-17-13-6-2-4-10-7-8-12(16-14(10)13)11-5-3-9-15-11/h2-4,6,9,11,15H,5,7-8H2,1H3. The van der Waals surface area contributed by atoms with E-state index in [0.717, 1.165) is 30.7 Å². The highest BCUT2D eigenvalue weighted by molar-refractivity contribution is 5.94. The van der Waals surface area contributed by atoms with Gasteiger partial charge in [-0.15, -0.1) is 0 Å². The van der Waals surface area contributed by atoms with E-state index < -0.39 is 0 Å². The first kappa shape index (κ1) is 10.4. The summed E-state index contributed by atoms with van der Waals surface area (Å²) in [4.78, 5) is 4.79. The highest BCUT2D eigenvalue weighted by Gasteiger charge is 2.22. The third kappa shape index (κ3) is 1.82. The topological polar surface area (TPSA) is 33.6 Å². The van der Waals surface area contributed by atoms with Gasteiger partial charge >= 0.3 is 0 Å². The Kier molecular flexibility index (Phi) is 2.59. The molecule has 1 unspecified atom stereocenters. The monoisotopic (exact) mass is 228 g/mol. The molecule has 1 N–H and O–H groups in total. The molecule has 1 aromatic carbocycles. The first-order valence-electron chi connectivity index (χ1n) is 6.03. The average molecular weight is 228 g/mol. The van der Waals surface area contributed by atoms with Gasteiger partial charge in [0, 0.05) is 5.71 Å². The van der Waals surface area contributed by atoms with E-state index in [2.05, 4.69) is 17.5 Å². The molecule has 0 amide bonds. The van der Waals surface area contributed by atoms with Crippen molar-refractivity contribution in [2.45, 2.75) is 25.3 Å². The molecule has 0 saturated heterocycles. The first-order chi connectivity index (χ1) is 8.38. The summed E-state index contributed by atoms with van der Waals surface area (Å²) in [7, 11) is 1.70. The van der Waals surface area contributed by atoms with Gasteiger partial charge in [-0.3, -0.25) is 4.99 Å². The Labute approximate surface area is 101 Å². The zero-order valence-electron chi connectivity index (χ0n) is 9.94. The zero-order chi connectivity index (χ0) is 11.7. The second-order valence-corrected chi connectivity index (χ2v) is 4.43. The van der Waals surface area contributed by atoms with Crippen LogP contribution in [0.25, 0.3) is 0 Å². The van der Waals surface area contributed by atoms with Gasteiger partial charge in [-0.1, -0.05) is 18.2 Å². The van der Waals surface area contributed by atoms with Gasteiger partial charge in [-0.2, -0.15) is 0 Å². The molecule has 0 fully saturated rings. The van der Waals surface area contributed by atoms with Crippen LogP contribution < -0.4 is 10.1 Å². The Balaban J connectivity index is 1.97. The Hall–Kier alpha value is -1.77. The quantitative estimate of drug-likeness (QED) is 0.844. The number of methoxy groups -OCH3 is 1. The molecule has 0 aliphatic carbocycles. The van der Waals surface area contributed by atoms with E-state index >= 15 is 0 Å². The molecule has 3 rings (SSSR count). The predicted molar refractivity (Wildman–Crippen MR) is 69.1 cm³/mol. The van der Waals surface area contributed by atoms with Crippen LogP contribution in [0.3, 0.4) is 0 Å². The highest BCUT2D eigenvalue weighted by Crippen LogP contribution is 2.35. The molecule has 17 heavy (non-hydrogen) atoms. The number of nitrogens with one attached hydrogen (secondary N) is 1. The van der Waals surface area contributed by atoms with E-state index in [-0.39, 0.29) is 0 Å². The molecule has 3 heteroatoms. The van der Waals surface area contributed by atoms with Gasteiger partial charge in [0.1, 0.15) is 11.4 Å². The minimum atomic E-state index is 0.382. The van der Waals surface area contributed by atoms with E-state index in [0.29, 0.717) is 6.04 Å². The maximum atomic E-state index is 5.38. The fourth-order valence-electron chi connectivity index (χ4n) is 2.46. The lowest BCUT2D eigenvalue weighted by Gasteiger charge is -2.21.